The molecule has 0 aliphatic carbocycles. The fraction of sp³-hybridized carbons (Fsp3) is 0.625. The lowest BCUT2D eigenvalue weighted by atomic mass is 10.1. The third-order valence-corrected chi connectivity index (χ3v) is 5.14. The van der Waals surface area contributed by atoms with Crippen LogP contribution in [0.15, 0.2) is 0 Å². The summed E-state index contributed by atoms with van der Waals surface area (Å²) in [5.74, 6) is 0.0339. The Hall–Kier alpha value is -1.40. The molecule has 1 aliphatic heterocycles. The van der Waals surface area contributed by atoms with Crippen LogP contribution in [0.25, 0.3) is 0 Å². The summed E-state index contributed by atoms with van der Waals surface area (Å²) in [6, 6.07) is 0. The molecule has 1 aromatic rings. The van der Waals surface area contributed by atoms with Crippen LogP contribution in [0.3, 0.4) is 0 Å². The van der Waals surface area contributed by atoms with Crippen molar-refractivity contribution in [3.63, 3.8) is 0 Å². The number of hydrogen-bond donors (Lipinski definition) is 2. The van der Waals surface area contributed by atoms with Crippen molar-refractivity contribution in [3.8, 4) is 0 Å². The van der Waals surface area contributed by atoms with Crippen LogP contribution in [-0.2, 0) is 4.79 Å². The summed E-state index contributed by atoms with van der Waals surface area (Å²) in [7, 11) is 0. The number of thiophene rings is 1. The highest BCUT2D eigenvalue weighted by atomic mass is 32.1. The number of nitrogens with one attached hydrogen (secondary N) is 2. The van der Waals surface area contributed by atoms with Gasteiger partial charge >= 0.3 is 0 Å². The topological polar surface area (TPSA) is 61.4 Å². The molecule has 0 bridgehead atoms. The minimum atomic E-state index is -0.00235. The number of anilines is 1. The minimum absolute atomic E-state index is 0.00235. The second kappa shape index (κ2) is 7.74. The van der Waals surface area contributed by atoms with E-state index in [0.717, 1.165) is 49.5 Å². The average Bonchev–Trinajstić information content (AvgIpc) is 2.80. The first-order valence-electron chi connectivity index (χ1n) is 7.94. The van der Waals surface area contributed by atoms with Crippen LogP contribution in [0, 0.1) is 13.8 Å². The second-order valence-corrected chi connectivity index (χ2v) is 6.91. The van der Waals surface area contributed by atoms with Crippen LogP contribution in [-0.4, -0.2) is 42.9 Å². The van der Waals surface area contributed by atoms with Crippen LogP contribution >= 0.6 is 11.3 Å². The van der Waals surface area contributed by atoms with Crippen molar-refractivity contribution < 1.29 is 9.59 Å². The lowest BCUT2D eigenvalue weighted by molar-refractivity contribution is -0.116. The Bertz CT molecular complexity index is 548. The summed E-state index contributed by atoms with van der Waals surface area (Å²) in [5, 5.41) is 6.90. The molecule has 1 saturated heterocycles. The molecule has 2 amide bonds. The molecule has 0 atom stereocenters. The highest BCUT2D eigenvalue weighted by Crippen LogP contribution is 2.33. The van der Waals surface area contributed by atoms with E-state index in [2.05, 4.69) is 17.6 Å². The zero-order valence-corrected chi connectivity index (χ0v) is 14.4. The van der Waals surface area contributed by atoms with E-state index in [0.29, 0.717) is 17.0 Å². The number of nitrogens with zero attached hydrogens (tertiary/aromatic N) is 1. The summed E-state index contributed by atoms with van der Waals surface area (Å²) in [4.78, 5) is 27.8. The maximum atomic E-state index is 12.8. The third kappa shape index (κ3) is 3.87. The molecular weight excluding hydrogens is 298 g/mol. The first kappa shape index (κ1) is 17.0. The van der Waals surface area contributed by atoms with Gasteiger partial charge in [0.1, 0.15) is 5.00 Å². The molecule has 22 heavy (non-hydrogen) atoms. The molecule has 0 radical (unpaired) electrons. The van der Waals surface area contributed by atoms with Crippen LogP contribution in [0.4, 0.5) is 5.00 Å². The van der Waals surface area contributed by atoms with E-state index in [4.69, 9.17) is 0 Å². The van der Waals surface area contributed by atoms with Crippen molar-refractivity contribution in [1.82, 2.24) is 10.2 Å². The third-order valence-electron chi connectivity index (χ3n) is 4.01. The van der Waals surface area contributed by atoms with Gasteiger partial charge in [-0.15, -0.1) is 11.3 Å². The Morgan fingerprint density at radius 2 is 1.95 bits per heavy atom. The zero-order valence-electron chi connectivity index (χ0n) is 13.6. The maximum Gasteiger partial charge on any atom is 0.257 e. The molecule has 2 rings (SSSR count). The molecule has 122 valence electrons. The molecule has 0 aromatic carbocycles. The minimum Gasteiger partial charge on any atom is -0.336 e. The standard InChI is InChI=1S/C16H25N3O2S/c1-4-5-6-13(20)18-15-14(11(2)12(3)22-15)16(21)19-9-7-17-8-10-19/h17H,4-10H2,1-3H3,(H,18,20). The lowest BCUT2D eigenvalue weighted by Gasteiger charge is -2.27. The van der Waals surface area contributed by atoms with Gasteiger partial charge in [-0.25, -0.2) is 0 Å². The number of aryl methyl sites for hydroxylation is 1. The number of amides is 2. The van der Waals surface area contributed by atoms with E-state index in [-0.39, 0.29) is 11.8 Å². The van der Waals surface area contributed by atoms with E-state index in [1.54, 1.807) is 0 Å². The van der Waals surface area contributed by atoms with Crippen molar-refractivity contribution in [2.75, 3.05) is 31.5 Å². The van der Waals surface area contributed by atoms with E-state index in [1.807, 2.05) is 18.7 Å². The fourth-order valence-corrected chi connectivity index (χ4v) is 3.59. The molecule has 0 spiro atoms. The SMILES string of the molecule is CCCCC(=O)Nc1sc(C)c(C)c1C(=O)N1CCNCC1. The van der Waals surface area contributed by atoms with Gasteiger partial charge in [-0.3, -0.25) is 9.59 Å². The predicted molar refractivity (Wildman–Crippen MR) is 90.7 cm³/mol. The number of piperazine rings is 1. The van der Waals surface area contributed by atoms with Crippen molar-refractivity contribution in [3.05, 3.63) is 16.0 Å². The Balaban J connectivity index is 2.18. The highest BCUT2D eigenvalue weighted by Gasteiger charge is 2.26. The molecule has 2 N–H and O–H groups in total. The zero-order chi connectivity index (χ0) is 16.1. The first-order valence-corrected chi connectivity index (χ1v) is 8.76. The van der Waals surface area contributed by atoms with Crippen molar-refractivity contribution >= 4 is 28.2 Å². The van der Waals surface area contributed by atoms with Gasteiger partial charge in [0.05, 0.1) is 5.56 Å². The molecular formula is C16H25N3O2S. The van der Waals surface area contributed by atoms with Crippen molar-refractivity contribution in [2.24, 2.45) is 0 Å². The smallest absolute Gasteiger partial charge is 0.257 e. The summed E-state index contributed by atoms with van der Waals surface area (Å²) in [6.07, 6.45) is 2.37. The number of carbonyl (C=O) groups is 2. The number of carbonyl (C=O) groups excluding carboxylic acids is 2. The Labute approximate surface area is 136 Å². The molecule has 5 nitrogen and oxygen atoms in total. The Morgan fingerprint density at radius 1 is 1.27 bits per heavy atom. The van der Waals surface area contributed by atoms with Gasteiger partial charge in [-0.2, -0.15) is 0 Å². The molecule has 6 heteroatoms. The molecule has 0 unspecified atom stereocenters. The molecule has 1 aliphatic rings. The van der Waals surface area contributed by atoms with Gasteiger partial charge in [-0.05, 0) is 25.8 Å². The summed E-state index contributed by atoms with van der Waals surface area (Å²) >= 11 is 1.50. The van der Waals surface area contributed by atoms with E-state index in [9.17, 15) is 9.59 Å². The van der Waals surface area contributed by atoms with Crippen molar-refractivity contribution in [2.45, 2.75) is 40.0 Å². The van der Waals surface area contributed by atoms with Crippen LogP contribution < -0.4 is 10.6 Å². The van der Waals surface area contributed by atoms with Crippen LogP contribution in [0.5, 0.6) is 0 Å². The Morgan fingerprint density at radius 3 is 2.59 bits per heavy atom. The molecule has 2 heterocycles. The number of unbranched alkanes of at least 4 members (excludes halogenated alkanes) is 1. The van der Waals surface area contributed by atoms with Crippen LogP contribution in [0.2, 0.25) is 0 Å². The summed E-state index contributed by atoms with van der Waals surface area (Å²) in [5.41, 5.74) is 1.66. The van der Waals surface area contributed by atoms with Crippen molar-refractivity contribution in [1.29, 1.82) is 0 Å². The van der Waals surface area contributed by atoms with Gasteiger partial charge < -0.3 is 15.5 Å². The molecule has 1 aromatic heterocycles. The lowest BCUT2D eigenvalue weighted by Crippen LogP contribution is -2.46. The second-order valence-electron chi connectivity index (χ2n) is 5.68. The number of hydrogen-bond acceptors (Lipinski definition) is 4. The monoisotopic (exact) mass is 323 g/mol. The van der Waals surface area contributed by atoms with Gasteiger partial charge in [0.15, 0.2) is 0 Å². The molecule has 1 fully saturated rings. The maximum absolute atomic E-state index is 12.8. The fourth-order valence-electron chi connectivity index (χ4n) is 2.53. The van der Waals surface area contributed by atoms with Gasteiger partial charge in [0, 0.05) is 37.5 Å². The van der Waals surface area contributed by atoms with Crippen LogP contribution in [0.1, 0.15) is 47.0 Å². The Kier molecular flexibility index (Phi) is 5.97. The van der Waals surface area contributed by atoms with E-state index in [1.165, 1.54) is 11.3 Å². The highest BCUT2D eigenvalue weighted by molar-refractivity contribution is 7.16. The quantitative estimate of drug-likeness (QED) is 0.875. The van der Waals surface area contributed by atoms with E-state index >= 15 is 0 Å². The van der Waals surface area contributed by atoms with E-state index < -0.39 is 0 Å². The molecule has 0 saturated carbocycles. The largest absolute Gasteiger partial charge is 0.336 e. The summed E-state index contributed by atoms with van der Waals surface area (Å²) < 4.78 is 0. The average molecular weight is 323 g/mol. The normalized spacial score (nSPS) is 15.0. The summed E-state index contributed by atoms with van der Waals surface area (Å²) in [6.45, 7) is 9.11. The first-order chi connectivity index (χ1) is 10.5. The number of rotatable bonds is 5. The van der Waals surface area contributed by atoms with Gasteiger partial charge in [0.25, 0.3) is 5.91 Å². The van der Waals surface area contributed by atoms with Gasteiger partial charge in [-0.1, -0.05) is 13.3 Å². The van der Waals surface area contributed by atoms with Gasteiger partial charge in [0.2, 0.25) is 5.91 Å². The predicted octanol–water partition coefficient (Wildman–Crippen LogP) is 2.54.